The molecule has 0 heterocycles. The maximum atomic E-state index is 9.32. The fourth-order valence-corrected chi connectivity index (χ4v) is 2.26. The van der Waals surface area contributed by atoms with Gasteiger partial charge >= 0.3 is 7.12 Å². The molecule has 0 saturated heterocycles. The zero-order valence-electron chi connectivity index (χ0n) is 11.4. The van der Waals surface area contributed by atoms with Crippen LogP contribution in [-0.4, -0.2) is 17.2 Å². The van der Waals surface area contributed by atoms with Gasteiger partial charge in [-0.25, -0.2) is 0 Å². The van der Waals surface area contributed by atoms with Crippen LogP contribution in [0, 0.1) is 5.92 Å². The van der Waals surface area contributed by atoms with Gasteiger partial charge in [-0.3, -0.25) is 0 Å². The highest BCUT2D eigenvalue weighted by molar-refractivity contribution is 6.58. The van der Waals surface area contributed by atoms with Crippen LogP contribution in [0.25, 0.3) is 11.1 Å². The van der Waals surface area contributed by atoms with Gasteiger partial charge in [0.2, 0.25) is 0 Å². The van der Waals surface area contributed by atoms with Crippen LogP contribution in [0.15, 0.2) is 48.5 Å². The van der Waals surface area contributed by atoms with Gasteiger partial charge in [0.25, 0.3) is 0 Å². The Balaban J connectivity index is 2.50. The first-order chi connectivity index (χ1) is 9.08. The van der Waals surface area contributed by atoms with E-state index in [9.17, 15) is 10.0 Å². The Morgan fingerprint density at radius 1 is 1.00 bits per heavy atom. The van der Waals surface area contributed by atoms with Gasteiger partial charge < -0.3 is 10.0 Å². The largest absolute Gasteiger partial charge is 0.488 e. The van der Waals surface area contributed by atoms with Gasteiger partial charge in [0.05, 0.1) is 0 Å². The lowest BCUT2D eigenvalue weighted by Crippen LogP contribution is -2.30. The van der Waals surface area contributed by atoms with Crippen LogP contribution in [0.5, 0.6) is 0 Å². The summed E-state index contributed by atoms with van der Waals surface area (Å²) in [4.78, 5) is 0. The van der Waals surface area contributed by atoms with Crippen LogP contribution in [0.3, 0.4) is 0 Å². The maximum Gasteiger partial charge on any atom is 0.488 e. The molecule has 0 aromatic heterocycles. The van der Waals surface area contributed by atoms with Gasteiger partial charge in [0, 0.05) is 0 Å². The lowest BCUT2D eigenvalue weighted by Gasteiger charge is -2.14. The lowest BCUT2D eigenvalue weighted by molar-refractivity contribution is 0.426. The predicted molar refractivity (Wildman–Crippen MR) is 80.2 cm³/mol. The average molecular weight is 254 g/mol. The molecule has 2 rings (SSSR count). The summed E-state index contributed by atoms with van der Waals surface area (Å²) in [5.41, 5.74) is 3.97. The fourth-order valence-electron chi connectivity index (χ4n) is 2.26. The summed E-state index contributed by atoms with van der Waals surface area (Å²) in [6.07, 6.45) is 0.978. The molecule has 0 aliphatic heterocycles. The van der Waals surface area contributed by atoms with Crippen molar-refractivity contribution < 1.29 is 10.0 Å². The Morgan fingerprint density at radius 3 is 2.26 bits per heavy atom. The van der Waals surface area contributed by atoms with Crippen molar-refractivity contribution in [2.24, 2.45) is 5.92 Å². The zero-order chi connectivity index (χ0) is 13.8. The molecule has 3 heteroatoms. The summed E-state index contributed by atoms with van der Waals surface area (Å²) in [7, 11) is -1.42. The molecule has 19 heavy (non-hydrogen) atoms. The van der Waals surface area contributed by atoms with Gasteiger partial charge in [0.15, 0.2) is 0 Å². The minimum Gasteiger partial charge on any atom is -0.423 e. The van der Waals surface area contributed by atoms with E-state index in [-0.39, 0.29) is 0 Å². The predicted octanol–water partition coefficient (Wildman–Crippen LogP) is 2.23. The third-order valence-corrected chi connectivity index (χ3v) is 3.15. The van der Waals surface area contributed by atoms with Gasteiger partial charge in [-0.2, -0.15) is 0 Å². The highest BCUT2D eigenvalue weighted by atomic mass is 16.4. The molecule has 2 N–H and O–H groups in total. The van der Waals surface area contributed by atoms with Crippen molar-refractivity contribution in [3.8, 4) is 11.1 Å². The van der Waals surface area contributed by atoms with Gasteiger partial charge in [0.1, 0.15) is 0 Å². The van der Waals surface area contributed by atoms with E-state index in [4.69, 9.17) is 0 Å². The van der Waals surface area contributed by atoms with Crippen LogP contribution in [0.4, 0.5) is 0 Å². The van der Waals surface area contributed by atoms with Crippen molar-refractivity contribution in [1.29, 1.82) is 0 Å². The molecular formula is C16H19BO2. The quantitative estimate of drug-likeness (QED) is 0.821. The first-order valence-corrected chi connectivity index (χ1v) is 6.62. The monoisotopic (exact) mass is 254 g/mol. The minimum atomic E-state index is -1.42. The molecule has 98 valence electrons. The summed E-state index contributed by atoms with van der Waals surface area (Å²) in [5.74, 6) is 0.562. The summed E-state index contributed by atoms with van der Waals surface area (Å²) in [6, 6.07) is 15.7. The number of hydrogen-bond donors (Lipinski definition) is 2. The molecule has 2 nitrogen and oxygen atoms in total. The highest BCUT2D eigenvalue weighted by Crippen LogP contribution is 2.24. The second kappa shape index (κ2) is 6.05. The molecular weight excluding hydrogens is 235 g/mol. The molecule has 0 amide bonds. The molecule has 0 fully saturated rings. The Labute approximate surface area is 114 Å². The van der Waals surface area contributed by atoms with E-state index in [1.165, 1.54) is 5.56 Å². The molecule has 0 spiro atoms. The van der Waals surface area contributed by atoms with Gasteiger partial charge in [-0.15, -0.1) is 0 Å². The van der Waals surface area contributed by atoms with E-state index in [1.807, 2.05) is 42.5 Å². The first kappa shape index (κ1) is 13.8. The number of benzene rings is 2. The maximum absolute atomic E-state index is 9.32. The third-order valence-electron chi connectivity index (χ3n) is 3.15. The SMILES string of the molecule is CC(C)Cc1ccc(B(O)O)cc1-c1ccccc1. The Kier molecular flexibility index (Phi) is 4.41. The molecule has 0 saturated carbocycles. The average Bonchev–Trinajstić information content (AvgIpc) is 2.39. The molecule has 2 aromatic carbocycles. The lowest BCUT2D eigenvalue weighted by atomic mass is 9.77. The summed E-state index contributed by atoms with van der Waals surface area (Å²) in [5, 5.41) is 18.6. The normalized spacial score (nSPS) is 10.8. The van der Waals surface area contributed by atoms with E-state index in [0.29, 0.717) is 11.4 Å². The smallest absolute Gasteiger partial charge is 0.423 e. The van der Waals surface area contributed by atoms with Crippen LogP contribution < -0.4 is 5.46 Å². The van der Waals surface area contributed by atoms with Gasteiger partial charge in [-0.1, -0.05) is 62.4 Å². The Bertz CT molecular complexity index is 536. The van der Waals surface area contributed by atoms with Gasteiger partial charge in [-0.05, 0) is 34.5 Å². The van der Waals surface area contributed by atoms with Crippen molar-refractivity contribution in [1.82, 2.24) is 0 Å². The van der Waals surface area contributed by atoms with Crippen molar-refractivity contribution in [2.45, 2.75) is 20.3 Å². The van der Waals surface area contributed by atoms with Crippen LogP contribution in [0.2, 0.25) is 0 Å². The van der Waals surface area contributed by atoms with E-state index in [2.05, 4.69) is 13.8 Å². The van der Waals surface area contributed by atoms with Crippen molar-refractivity contribution in [3.63, 3.8) is 0 Å². The van der Waals surface area contributed by atoms with Crippen molar-refractivity contribution in [3.05, 3.63) is 54.1 Å². The molecule has 2 aromatic rings. The first-order valence-electron chi connectivity index (χ1n) is 6.62. The highest BCUT2D eigenvalue weighted by Gasteiger charge is 2.14. The third kappa shape index (κ3) is 3.46. The molecule has 0 unspecified atom stereocenters. The van der Waals surface area contributed by atoms with E-state index in [0.717, 1.165) is 17.5 Å². The van der Waals surface area contributed by atoms with E-state index in [1.54, 1.807) is 6.07 Å². The van der Waals surface area contributed by atoms with E-state index < -0.39 is 7.12 Å². The summed E-state index contributed by atoms with van der Waals surface area (Å²) < 4.78 is 0. The minimum absolute atomic E-state index is 0.534. The molecule has 0 aliphatic carbocycles. The van der Waals surface area contributed by atoms with Crippen LogP contribution in [-0.2, 0) is 6.42 Å². The fraction of sp³-hybridized carbons (Fsp3) is 0.250. The van der Waals surface area contributed by atoms with Crippen molar-refractivity contribution >= 4 is 12.6 Å². The number of hydrogen-bond acceptors (Lipinski definition) is 2. The molecule has 0 radical (unpaired) electrons. The van der Waals surface area contributed by atoms with Crippen molar-refractivity contribution in [2.75, 3.05) is 0 Å². The van der Waals surface area contributed by atoms with Crippen LogP contribution >= 0.6 is 0 Å². The molecule has 0 bridgehead atoms. The summed E-state index contributed by atoms with van der Waals surface area (Å²) >= 11 is 0. The second-order valence-electron chi connectivity index (χ2n) is 5.25. The molecule has 0 atom stereocenters. The standard InChI is InChI=1S/C16H19BO2/c1-12(2)10-14-8-9-15(17(18)19)11-16(14)13-6-4-3-5-7-13/h3-9,11-12,18-19H,10H2,1-2H3. The second-order valence-corrected chi connectivity index (χ2v) is 5.25. The van der Waals surface area contributed by atoms with E-state index >= 15 is 0 Å². The number of rotatable bonds is 4. The topological polar surface area (TPSA) is 40.5 Å². The Hall–Kier alpha value is -1.58. The zero-order valence-corrected chi connectivity index (χ0v) is 11.4. The van der Waals surface area contributed by atoms with Crippen LogP contribution in [0.1, 0.15) is 19.4 Å². The summed E-state index contributed by atoms with van der Waals surface area (Å²) in [6.45, 7) is 4.37. The molecule has 0 aliphatic rings. The Morgan fingerprint density at radius 2 is 1.68 bits per heavy atom.